The van der Waals surface area contributed by atoms with Crippen molar-refractivity contribution in [3.8, 4) is 11.8 Å². The van der Waals surface area contributed by atoms with Gasteiger partial charge in [-0.25, -0.2) is 14.4 Å². The Bertz CT molecular complexity index is 1900. The summed E-state index contributed by atoms with van der Waals surface area (Å²) in [6.07, 6.45) is -0.723. The Labute approximate surface area is 346 Å². The summed E-state index contributed by atoms with van der Waals surface area (Å²) in [7, 11) is 0. The molecule has 316 valence electrons. The maximum Gasteiger partial charge on any atom is 0.408 e. The average molecular weight is 812 g/mol. The fourth-order valence-corrected chi connectivity index (χ4v) is 5.61. The van der Waals surface area contributed by atoms with E-state index in [4.69, 9.17) is 9.47 Å². The third-order valence-corrected chi connectivity index (χ3v) is 8.35. The van der Waals surface area contributed by atoms with Crippen LogP contribution < -0.4 is 26.6 Å². The summed E-state index contributed by atoms with van der Waals surface area (Å²) < 4.78 is 10.7. The Morgan fingerprint density at radius 2 is 1.02 bits per heavy atom. The molecule has 3 aromatic carbocycles. The summed E-state index contributed by atoms with van der Waals surface area (Å²) in [4.78, 5) is 79.2. The normalized spacial score (nSPS) is 13.1. The van der Waals surface area contributed by atoms with Crippen molar-refractivity contribution in [2.24, 2.45) is 0 Å². The van der Waals surface area contributed by atoms with Crippen molar-refractivity contribution in [2.75, 3.05) is 6.54 Å². The molecule has 0 fully saturated rings. The molecule has 0 aromatic heterocycles. The third-order valence-electron chi connectivity index (χ3n) is 8.35. The van der Waals surface area contributed by atoms with Crippen molar-refractivity contribution in [1.82, 2.24) is 26.6 Å². The molecule has 14 heteroatoms. The van der Waals surface area contributed by atoms with Crippen LogP contribution in [-0.2, 0) is 41.5 Å². The highest BCUT2D eigenvalue weighted by molar-refractivity contribution is 5.95. The summed E-state index contributed by atoms with van der Waals surface area (Å²) in [5.74, 6) is 2.39. The Morgan fingerprint density at radius 1 is 0.576 bits per heavy atom. The first-order valence-electron chi connectivity index (χ1n) is 19.6. The van der Waals surface area contributed by atoms with Crippen molar-refractivity contribution >= 4 is 35.9 Å². The van der Waals surface area contributed by atoms with Crippen LogP contribution in [0, 0.1) is 11.8 Å². The number of hydrogen-bond acceptors (Lipinski definition) is 8. The van der Waals surface area contributed by atoms with Gasteiger partial charge in [-0.2, -0.15) is 0 Å². The number of amides is 5. The van der Waals surface area contributed by atoms with Crippen LogP contribution in [0.1, 0.15) is 83.9 Å². The zero-order chi connectivity index (χ0) is 43.4. The van der Waals surface area contributed by atoms with Gasteiger partial charge in [-0.1, -0.05) is 90.7 Å². The molecular formula is C45H57N5O9. The Morgan fingerprint density at radius 3 is 1.53 bits per heavy atom. The van der Waals surface area contributed by atoms with E-state index in [9.17, 15) is 33.9 Å². The lowest BCUT2D eigenvalue weighted by molar-refractivity contribution is -0.142. The minimum Gasteiger partial charge on any atom is -0.480 e. The number of carboxylic acid groups (broad SMARTS) is 1. The highest BCUT2D eigenvalue weighted by Crippen LogP contribution is 2.12. The molecule has 6 N–H and O–H groups in total. The number of alkyl carbamates (subject to hydrolysis) is 2. The number of rotatable bonds is 18. The van der Waals surface area contributed by atoms with Gasteiger partial charge in [0.2, 0.25) is 17.7 Å². The van der Waals surface area contributed by atoms with Gasteiger partial charge in [0.1, 0.15) is 35.4 Å². The predicted molar refractivity (Wildman–Crippen MR) is 223 cm³/mol. The molecule has 0 aliphatic heterocycles. The van der Waals surface area contributed by atoms with Gasteiger partial charge in [-0.3, -0.25) is 14.4 Å². The number of aliphatic carboxylic acids is 1. The van der Waals surface area contributed by atoms with Crippen molar-refractivity contribution in [1.29, 1.82) is 0 Å². The molecule has 0 spiro atoms. The van der Waals surface area contributed by atoms with Crippen LogP contribution >= 0.6 is 0 Å². The summed E-state index contributed by atoms with van der Waals surface area (Å²) in [6, 6.07) is 21.9. The zero-order valence-electron chi connectivity index (χ0n) is 34.6. The van der Waals surface area contributed by atoms with Crippen molar-refractivity contribution in [2.45, 2.75) is 115 Å². The lowest BCUT2D eigenvalue weighted by Crippen LogP contribution is -2.58. The van der Waals surface area contributed by atoms with Gasteiger partial charge in [-0.05, 0) is 84.1 Å². The fraction of sp³-hybridized carbons (Fsp3) is 0.422. The molecular weight excluding hydrogens is 755 g/mol. The van der Waals surface area contributed by atoms with E-state index in [-0.39, 0.29) is 32.2 Å². The molecule has 0 heterocycles. The average Bonchev–Trinajstić information content (AvgIpc) is 3.16. The van der Waals surface area contributed by atoms with Gasteiger partial charge in [0.15, 0.2) is 0 Å². The van der Waals surface area contributed by atoms with Crippen molar-refractivity contribution < 1.29 is 43.3 Å². The predicted octanol–water partition coefficient (Wildman–Crippen LogP) is 5.04. The molecule has 5 amide bonds. The molecule has 0 radical (unpaired) electrons. The monoisotopic (exact) mass is 811 g/mol. The molecule has 59 heavy (non-hydrogen) atoms. The number of nitrogens with one attached hydrogen (secondary N) is 5. The van der Waals surface area contributed by atoms with Crippen LogP contribution in [0.4, 0.5) is 9.59 Å². The molecule has 3 aromatic rings. The van der Waals surface area contributed by atoms with Crippen molar-refractivity contribution in [3.05, 3.63) is 108 Å². The first-order valence-corrected chi connectivity index (χ1v) is 19.6. The van der Waals surface area contributed by atoms with Crippen LogP contribution in [0.25, 0.3) is 0 Å². The SMILES string of the molecule is CC(C)(C)OC(=O)NCCCCC(NC(=O)C(CC#Cc1ccccc1)NC(=O)C(Cc1ccccc1)NC(=O)C(Cc1ccccc1)NC(=O)OC(C)(C)C)C(=O)O. The smallest absolute Gasteiger partial charge is 0.408 e. The number of carboxylic acids is 1. The third kappa shape index (κ3) is 19.1. The molecule has 0 saturated carbocycles. The number of unbranched alkanes of at least 4 members (excludes halogenated alkanes) is 1. The van der Waals surface area contributed by atoms with E-state index in [1.54, 1.807) is 120 Å². The van der Waals surface area contributed by atoms with Gasteiger partial charge < -0.3 is 41.2 Å². The molecule has 14 nitrogen and oxygen atoms in total. The first-order chi connectivity index (χ1) is 27.9. The Hall–Kier alpha value is -6.36. The second-order valence-corrected chi connectivity index (χ2v) is 15.9. The lowest BCUT2D eigenvalue weighted by Gasteiger charge is -2.26. The fourth-order valence-electron chi connectivity index (χ4n) is 5.61. The van der Waals surface area contributed by atoms with Gasteiger partial charge >= 0.3 is 18.2 Å². The minimum absolute atomic E-state index is 0.0159. The van der Waals surface area contributed by atoms with Crippen LogP contribution in [0.3, 0.4) is 0 Å². The second kappa shape index (κ2) is 23.1. The van der Waals surface area contributed by atoms with E-state index in [1.807, 2.05) is 12.1 Å². The van der Waals surface area contributed by atoms with E-state index in [0.717, 1.165) is 5.56 Å². The number of carbonyl (C=O) groups excluding carboxylic acids is 5. The number of hydrogen-bond donors (Lipinski definition) is 6. The maximum atomic E-state index is 14.2. The van der Waals surface area contributed by atoms with Crippen LogP contribution in [0.5, 0.6) is 0 Å². The van der Waals surface area contributed by atoms with E-state index in [2.05, 4.69) is 38.4 Å². The highest BCUT2D eigenvalue weighted by Gasteiger charge is 2.32. The van der Waals surface area contributed by atoms with Crippen molar-refractivity contribution in [3.63, 3.8) is 0 Å². The number of benzene rings is 3. The van der Waals surface area contributed by atoms with Crippen LogP contribution in [-0.4, -0.2) is 82.9 Å². The lowest BCUT2D eigenvalue weighted by atomic mass is 10.0. The maximum absolute atomic E-state index is 14.2. The Kier molecular flexibility index (Phi) is 18.4. The first kappa shape index (κ1) is 47.0. The number of carbonyl (C=O) groups is 6. The molecule has 4 unspecified atom stereocenters. The highest BCUT2D eigenvalue weighted by atomic mass is 16.6. The molecule has 3 rings (SSSR count). The van der Waals surface area contributed by atoms with E-state index in [1.165, 1.54) is 0 Å². The van der Waals surface area contributed by atoms with Gasteiger partial charge in [-0.15, -0.1) is 0 Å². The standard InChI is InChI=1S/C45H57N5O9/c1-44(2,3)58-42(56)46-28-17-16-26-35(41(54)55)48-38(51)34(27-18-25-31-19-10-7-11-20-31)47-39(52)36(29-32-21-12-8-13-22-32)49-40(53)37(30-33-23-14-9-15-24-33)50-43(57)59-45(4,5)6/h7-15,19-24,34-37H,16-17,26-30H2,1-6H3,(H,46,56)(H,47,52)(H,48,51)(H,49,53)(H,50,57)(H,54,55). The minimum atomic E-state index is -1.33. The van der Waals surface area contributed by atoms with Crippen LogP contribution in [0.15, 0.2) is 91.0 Å². The topological polar surface area (TPSA) is 201 Å². The summed E-state index contributed by atoms with van der Waals surface area (Å²) in [6.45, 7) is 10.5. The van der Waals surface area contributed by atoms with Crippen LogP contribution in [0.2, 0.25) is 0 Å². The van der Waals surface area contributed by atoms with Gasteiger partial charge in [0.05, 0.1) is 0 Å². The number of ether oxygens (including phenoxy) is 2. The molecule has 0 aliphatic carbocycles. The molecule has 0 saturated heterocycles. The Balaban J connectivity index is 1.84. The quantitative estimate of drug-likeness (QED) is 0.0752. The van der Waals surface area contributed by atoms with E-state index in [0.29, 0.717) is 24.0 Å². The molecule has 0 aliphatic rings. The van der Waals surface area contributed by atoms with E-state index >= 15 is 0 Å². The molecule has 0 bridgehead atoms. The van der Waals surface area contributed by atoms with E-state index < -0.39 is 71.2 Å². The zero-order valence-corrected chi connectivity index (χ0v) is 34.6. The van der Waals surface area contributed by atoms with Gasteiger partial charge in [0, 0.05) is 31.4 Å². The summed E-state index contributed by atoms with van der Waals surface area (Å²) in [5, 5.41) is 23.3. The summed E-state index contributed by atoms with van der Waals surface area (Å²) >= 11 is 0. The molecule has 4 atom stereocenters. The summed E-state index contributed by atoms with van der Waals surface area (Å²) in [5.41, 5.74) is 0.596. The second-order valence-electron chi connectivity index (χ2n) is 15.9. The largest absolute Gasteiger partial charge is 0.480 e. The van der Waals surface area contributed by atoms with Gasteiger partial charge in [0.25, 0.3) is 0 Å².